The van der Waals surface area contributed by atoms with Gasteiger partial charge >= 0.3 is 66.9 Å². The van der Waals surface area contributed by atoms with Crippen molar-refractivity contribution in [3.05, 3.63) is 45.3 Å². The van der Waals surface area contributed by atoms with E-state index in [1.165, 1.54) is 0 Å². The average Bonchev–Trinajstić information content (AvgIpc) is 2.50. The molecule has 0 aromatic rings. The molecule has 1 aliphatic rings. The molecule has 0 N–H and O–H groups in total. The zero-order valence-corrected chi connectivity index (χ0v) is 14.1. The summed E-state index contributed by atoms with van der Waals surface area (Å²) in [4.78, 5) is 0. The molecule has 4 radical (unpaired) electrons. The molecule has 0 saturated heterocycles. The summed E-state index contributed by atoms with van der Waals surface area (Å²) in [6, 6.07) is 0. The van der Waals surface area contributed by atoms with Crippen LogP contribution in [0.5, 0.6) is 0 Å². The van der Waals surface area contributed by atoms with E-state index < -0.39 is 7.81 Å². The predicted molar refractivity (Wildman–Crippen MR) is 63.9 cm³/mol. The number of hydrogen-bond acceptors (Lipinski definition) is 2. The third kappa shape index (κ3) is 49.5. The molecule has 1 aliphatic carbocycles. The summed E-state index contributed by atoms with van der Waals surface area (Å²) in [6.45, 7) is 13.5. The normalized spacial score (nSPS) is 16.8. The summed E-state index contributed by atoms with van der Waals surface area (Å²) in [7, 11) is -7.28. The maximum absolute atomic E-state index is 10.7. The molecule has 0 aromatic heterocycles. The molecule has 13 heteroatoms. The topological polar surface area (TPSA) is 78.2 Å². The number of methoxy groups -OCH3 is 2. The Balaban J connectivity index is -0.0000000762. The molecule has 0 heterocycles. The van der Waals surface area contributed by atoms with Crippen molar-refractivity contribution in [2.75, 3.05) is 14.2 Å². The maximum Gasteiger partial charge on any atom is 0 e. The molecule has 0 aromatic carbocycles. The van der Waals surface area contributed by atoms with Crippen molar-refractivity contribution in [1.82, 2.24) is 0 Å². The van der Waals surface area contributed by atoms with Crippen LogP contribution in [0, 0.1) is 45.3 Å². The van der Waals surface area contributed by atoms with Crippen LogP contribution in [0.25, 0.3) is 0 Å². The molecule has 0 bridgehead atoms. The van der Waals surface area contributed by atoms with Gasteiger partial charge in [-0.2, -0.15) is 0 Å². The van der Waals surface area contributed by atoms with Gasteiger partial charge in [0.15, 0.2) is 0 Å². The van der Waals surface area contributed by atoms with Crippen LogP contribution < -0.4 is 0 Å². The van der Waals surface area contributed by atoms with E-state index in [1.54, 1.807) is 14.2 Å². The SMILES string of the molecule is CO[C]1[CH][CH]C(OC)C[CH]1.F[P-](F)(F)(F)(F)F.[C-]#[O+].[C-]#[O+].[C-]#[O+].[Fe]. The minimum atomic E-state index is -10.7. The average molecular weight is 425 g/mol. The molecule has 0 amide bonds. The van der Waals surface area contributed by atoms with Crippen LogP contribution in [0.3, 0.4) is 0 Å². The van der Waals surface area contributed by atoms with Gasteiger partial charge in [-0.3, -0.25) is 0 Å². The summed E-state index contributed by atoms with van der Waals surface area (Å²) >= 11 is 0. The molecular weight excluding hydrogens is 413 g/mol. The monoisotopic (exact) mass is 425 g/mol. The Kier molecular flexibility index (Phi) is 21.8. The van der Waals surface area contributed by atoms with Crippen LogP contribution >= 0.6 is 7.81 Å². The molecule has 1 unspecified atom stereocenters. The predicted octanol–water partition coefficient (Wildman–Crippen LogP) is 4.46. The Morgan fingerprint density at radius 2 is 1.29 bits per heavy atom. The summed E-state index contributed by atoms with van der Waals surface area (Å²) in [5.74, 6) is 0. The van der Waals surface area contributed by atoms with Gasteiger partial charge in [-0.05, 0) is 19.3 Å². The van der Waals surface area contributed by atoms with Crippen LogP contribution in [0.2, 0.25) is 0 Å². The molecule has 1 rings (SSSR count). The largest absolute Gasteiger partial charge is 0 e. The summed E-state index contributed by atoms with van der Waals surface area (Å²) < 4.78 is 91.8. The van der Waals surface area contributed by atoms with Crippen molar-refractivity contribution < 1.29 is 65.7 Å². The van der Waals surface area contributed by atoms with E-state index in [4.69, 9.17) is 23.4 Å². The van der Waals surface area contributed by atoms with Gasteiger partial charge in [0.25, 0.3) is 0 Å². The quantitative estimate of drug-likeness (QED) is 0.215. The molecule has 5 nitrogen and oxygen atoms in total. The van der Waals surface area contributed by atoms with Crippen LogP contribution in [0.1, 0.15) is 6.42 Å². The summed E-state index contributed by atoms with van der Waals surface area (Å²) in [5, 5.41) is 0. The fourth-order valence-electron chi connectivity index (χ4n) is 0.907. The molecule has 1 saturated carbocycles. The standard InChI is InChI=1S/C8H12O2.3CO.F6P.Fe/c1-9-7-3-5-8(10-2)6-4-7;3*1-2;1-7(2,3,4,5)6;/h3-5,8H,6H2,1-2H3;;;;;/q;;;;-1;. The van der Waals surface area contributed by atoms with Crippen LogP contribution in [-0.4, -0.2) is 20.3 Å². The molecule has 24 heavy (non-hydrogen) atoms. The first-order chi connectivity index (χ1) is 10.3. The second-order valence-electron chi connectivity index (χ2n) is 3.14. The molecule has 142 valence electrons. The van der Waals surface area contributed by atoms with Crippen LogP contribution in [0.15, 0.2) is 0 Å². The second-order valence-corrected chi connectivity index (χ2v) is 5.05. The van der Waals surface area contributed by atoms with Gasteiger partial charge in [-0.15, -0.1) is 0 Å². The van der Waals surface area contributed by atoms with Gasteiger partial charge in [-0.1, -0.05) is 0 Å². The van der Waals surface area contributed by atoms with Gasteiger partial charge < -0.3 is 9.47 Å². The third-order valence-corrected chi connectivity index (χ3v) is 1.56. The molecule has 1 fully saturated rings. The van der Waals surface area contributed by atoms with Gasteiger partial charge in [0.05, 0.1) is 6.10 Å². The summed E-state index contributed by atoms with van der Waals surface area (Å²) in [5.41, 5.74) is 0. The number of halogens is 6. The maximum atomic E-state index is 9.87. The van der Waals surface area contributed by atoms with E-state index in [2.05, 4.69) is 20.0 Å². The Morgan fingerprint density at radius 3 is 1.46 bits per heavy atom. The zero-order valence-electron chi connectivity index (χ0n) is 12.1. The van der Waals surface area contributed by atoms with E-state index in [-0.39, 0.29) is 23.2 Å². The van der Waals surface area contributed by atoms with E-state index in [1.807, 2.05) is 19.3 Å². The molecule has 0 aliphatic heterocycles. The number of rotatable bonds is 2. The summed E-state index contributed by atoms with van der Waals surface area (Å²) in [6.07, 6.45) is 8.02. The minimum absolute atomic E-state index is 0. The van der Waals surface area contributed by atoms with Crippen molar-refractivity contribution >= 4 is 7.81 Å². The van der Waals surface area contributed by atoms with Crippen molar-refractivity contribution in [3.8, 4) is 0 Å². The van der Waals surface area contributed by atoms with Gasteiger partial charge in [0, 0.05) is 37.7 Å². The fraction of sp³-hybridized carbons (Fsp3) is 0.364. The Bertz CT molecular complexity index is 310. The number of hydrogen-bond donors (Lipinski definition) is 0. The first-order valence-electron chi connectivity index (χ1n) is 4.94. The van der Waals surface area contributed by atoms with Crippen molar-refractivity contribution in [2.45, 2.75) is 12.5 Å². The van der Waals surface area contributed by atoms with Crippen molar-refractivity contribution in [3.63, 3.8) is 0 Å². The Hall–Kier alpha value is -0.331. The second kappa shape index (κ2) is 15.0. The van der Waals surface area contributed by atoms with Gasteiger partial charge in [0.2, 0.25) is 0 Å². The molecular formula is C11H12F6FeO5P-. The van der Waals surface area contributed by atoms with Crippen molar-refractivity contribution in [1.29, 1.82) is 0 Å². The Labute approximate surface area is 146 Å². The van der Waals surface area contributed by atoms with Gasteiger partial charge in [-0.25, -0.2) is 0 Å². The first kappa shape index (κ1) is 34.9. The van der Waals surface area contributed by atoms with E-state index in [9.17, 15) is 25.2 Å². The smallest absolute Gasteiger partial charge is 0 e. The van der Waals surface area contributed by atoms with Gasteiger partial charge in [0.1, 0.15) is 6.10 Å². The Morgan fingerprint density at radius 1 is 0.958 bits per heavy atom. The minimum Gasteiger partial charge on any atom is 0 e. The van der Waals surface area contributed by atoms with Crippen molar-refractivity contribution in [2.24, 2.45) is 0 Å². The van der Waals surface area contributed by atoms with E-state index in [0.29, 0.717) is 0 Å². The van der Waals surface area contributed by atoms with E-state index >= 15 is 0 Å². The fourth-order valence-corrected chi connectivity index (χ4v) is 0.907. The van der Waals surface area contributed by atoms with Crippen LogP contribution in [-0.2, 0) is 40.5 Å². The zero-order chi connectivity index (χ0) is 19.8. The first-order valence-corrected chi connectivity index (χ1v) is 6.97. The molecule has 0 spiro atoms. The third-order valence-electron chi connectivity index (χ3n) is 1.56. The number of ether oxygens (including phenoxy) is 2. The van der Waals surface area contributed by atoms with Crippen LogP contribution in [0.4, 0.5) is 25.2 Å². The van der Waals surface area contributed by atoms with E-state index in [0.717, 1.165) is 12.5 Å². The molecule has 1 atom stereocenters.